The number of carbonyl (C=O) groups excluding carboxylic acids is 3. The van der Waals surface area contributed by atoms with Crippen LogP contribution >= 0.6 is 0 Å². The number of nitrogens with zero attached hydrogens (tertiary/aromatic N) is 1. The van der Waals surface area contributed by atoms with E-state index in [1.54, 1.807) is 18.2 Å². The van der Waals surface area contributed by atoms with Gasteiger partial charge in [0.25, 0.3) is 11.8 Å². The van der Waals surface area contributed by atoms with Gasteiger partial charge in [-0.1, -0.05) is 18.2 Å². The molecule has 2 aromatic carbocycles. The van der Waals surface area contributed by atoms with Gasteiger partial charge < -0.3 is 14.6 Å². The summed E-state index contributed by atoms with van der Waals surface area (Å²) < 4.78 is 10.2. The van der Waals surface area contributed by atoms with Crippen LogP contribution in [0.25, 0.3) is 6.08 Å². The number of nitrogens with one attached hydrogen (secondary N) is 1. The van der Waals surface area contributed by atoms with Gasteiger partial charge >= 0.3 is 6.03 Å². The minimum atomic E-state index is -0.866. The molecule has 2 aromatic rings. The lowest BCUT2D eigenvalue weighted by Gasteiger charge is -2.27. The van der Waals surface area contributed by atoms with E-state index in [0.29, 0.717) is 11.3 Å². The Morgan fingerprint density at radius 3 is 2.41 bits per heavy atom. The highest BCUT2D eigenvalue weighted by Crippen LogP contribution is 2.31. The fourth-order valence-electron chi connectivity index (χ4n) is 2.64. The zero-order chi connectivity index (χ0) is 19.6. The van der Waals surface area contributed by atoms with Crippen molar-refractivity contribution in [3.05, 3.63) is 53.6 Å². The Hall–Kier alpha value is -3.81. The molecule has 1 heterocycles. The monoisotopic (exact) mass is 368 g/mol. The SMILES string of the molecule is COc1cc(C=C2C(=O)NC(=O)N(c3ccccc3OC)C2=O)ccc1O. The number of ether oxygens (including phenoxy) is 2. The molecule has 1 aliphatic heterocycles. The number of anilines is 1. The summed E-state index contributed by atoms with van der Waals surface area (Å²) in [6.07, 6.45) is 1.31. The first kappa shape index (κ1) is 18.0. The number of benzene rings is 2. The number of amides is 4. The van der Waals surface area contributed by atoms with Crippen molar-refractivity contribution in [2.75, 3.05) is 19.1 Å². The molecule has 138 valence electrons. The van der Waals surface area contributed by atoms with Crippen LogP contribution in [-0.4, -0.2) is 37.2 Å². The van der Waals surface area contributed by atoms with E-state index in [4.69, 9.17) is 9.47 Å². The number of methoxy groups -OCH3 is 2. The molecule has 0 saturated carbocycles. The maximum atomic E-state index is 12.9. The zero-order valence-corrected chi connectivity index (χ0v) is 14.6. The van der Waals surface area contributed by atoms with Gasteiger partial charge in [-0.05, 0) is 35.9 Å². The Balaban J connectivity index is 2.05. The summed E-state index contributed by atoms with van der Waals surface area (Å²) in [5.74, 6) is -1.19. The Labute approximate surface area is 154 Å². The Bertz CT molecular complexity index is 966. The molecule has 0 aromatic heterocycles. The van der Waals surface area contributed by atoms with Gasteiger partial charge in [-0.25, -0.2) is 9.69 Å². The predicted molar refractivity (Wildman–Crippen MR) is 96.7 cm³/mol. The second-order valence-electron chi connectivity index (χ2n) is 5.56. The maximum Gasteiger partial charge on any atom is 0.336 e. The van der Waals surface area contributed by atoms with Gasteiger partial charge in [0, 0.05) is 0 Å². The van der Waals surface area contributed by atoms with E-state index >= 15 is 0 Å². The Morgan fingerprint density at radius 2 is 1.70 bits per heavy atom. The van der Waals surface area contributed by atoms with Crippen LogP contribution in [0.1, 0.15) is 5.56 Å². The molecule has 1 fully saturated rings. The summed E-state index contributed by atoms with van der Waals surface area (Å²) in [5.41, 5.74) is 0.412. The fourth-order valence-corrected chi connectivity index (χ4v) is 2.64. The Morgan fingerprint density at radius 1 is 1.00 bits per heavy atom. The van der Waals surface area contributed by atoms with Gasteiger partial charge in [-0.2, -0.15) is 0 Å². The van der Waals surface area contributed by atoms with E-state index in [-0.39, 0.29) is 22.8 Å². The first-order chi connectivity index (χ1) is 13.0. The lowest BCUT2D eigenvalue weighted by atomic mass is 10.1. The number of phenols is 1. The van der Waals surface area contributed by atoms with Crippen LogP contribution in [0.3, 0.4) is 0 Å². The van der Waals surface area contributed by atoms with Gasteiger partial charge in [0.05, 0.1) is 19.9 Å². The van der Waals surface area contributed by atoms with Crippen molar-refractivity contribution in [1.29, 1.82) is 0 Å². The van der Waals surface area contributed by atoms with Crippen LogP contribution < -0.4 is 19.7 Å². The molecule has 0 unspecified atom stereocenters. The number of hydrogen-bond donors (Lipinski definition) is 2. The molecule has 4 amide bonds. The highest BCUT2D eigenvalue weighted by atomic mass is 16.5. The van der Waals surface area contributed by atoms with E-state index < -0.39 is 17.8 Å². The molecule has 27 heavy (non-hydrogen) atoms. The van der Waals surface area contributed by atoms with Crippen molar-refractivity contribution in [2.45, 2.75) is 0 Å². The van der Waals surface area contributed by atoms with E-state index in [1.165, 1.54) is 44.6 Å². The number of carbonyl (C=O) groups is 3. The van der Waals surface area contributed by atoms with E-state index in [0.717, 1.165) is 4.90 Å². The van der Waals surface area contributed by atoms with Crippen molar-refractivity contribution in [1.82, 2.24) is 5.32 Å². The lowest BCUT2D eigenvalue weighted by Crippen LogP contribution is -2.54. The smallest absolute Gasteiger partial charge is 0.336 e. The molecule has 2 N–H and O–H groups in total. The van der Waals surface area contributed by atoms with Crippen LogP contribution in [0.5, 0.6) is 17.2 Å². The molecule has 3 rings (SSSR count). The third-order valence-corrected chi connectivity index (χ3v) is 3.94. The van der Waals surface area contributed by atoms with Crippen molar-refractivity contribution in [2.24, 2.45) is 0 Å². The summed E-state index contributed by atoms with van der Waals surface area (Å²) in [7, 11) is 2.79. The zero-order valence-electron chi connectivity index (χ0n) is 14.6. The van der Waals surface area contributed by atoms with Gasteiger partial charge in [0.1, 0.15) is 11.3 Å². The summed E-state index contributed by atoms with van der Waals surface area (Å²) >= 11 is 0. The first-order valence-electron chi connectivity index (χ1n) is 7.87. The number of urea groups is 1. The van der Waals surface area contributed by atoms with Crippen molar-refractivity contribution < 1.29 is 29.0 Å². The van der Waals surface area contributed by atoms with E-state index in [2.05, 4.69) is 5.32 Å². The fraction of sp³-hybridized carbons (Fsp3) is 0.105. The largest absolute Gasteiger partial charge is 0.504 e. The van der Waals surface area contributed by atoms with E-state index in [9.17, 15) is 19.5 Å². The van der Waals surface area contributed by atoms with Crippen LogP contribution in [-0.2, 0) is 9.59 Å². The van der Waals surface area contributed by atoms with Crippen molar-refractivity contribution in [3.8, 4) is 17.2 Å². The van der Waals surface area contributed by atoms with E-state index in [1.807, 2.05) is 0 Å². The van der Waals surface area contributed by atoms with Crippen LogP contribution in [0, 0.1) is 0 Å². The van der Waals surface area contributed by atoms with Gasteiger partial charge in [-0.15, -0.1) is 0 Å². The minimum Gasteiger partial charge on any atom is -0.504 e. The quantitative estimate of drug-likeness (QED) is 0.632. The normalized spacial score (nSPS) is 15.7. The molecular weight excluding hydrogens is 352 g/mol. The van der Waals surface area contributed by atoms with Crippen LogP contribution in [0.2, 0.25) is 0 Å². The van der Waals surface area contributed by atoms with Crippen LogP contribution in [0.4, 0.5) is 10.5 Å². The number of barbiturate groups is 1. The molecule has 8 heteroatoms. The standard InChI is InChI=1S/C19H16N2O6/c1-26-15-6-4-3-5-13(15)21-18(24)12(17(23)20-19(21)25)9-11-7-8-14(22)16(10-11)27-2/h3-10,22H,1-2H3,(H,20,23,25). The van der Waals surface area contributed by atoms with Gasteiger partial charge in [-0.3, -0.25) is 14.9 Å². The highest BCUT2D eigenvalue weighted by molar-refractivity contribution is 6.39. The summed E-state index contributed by atoms with van der Waals surface area (Å²) in [6, 6.07) is 9.95. The number of phenolic OH excluding ortho intramolecular Hbond substituents is 1. The topological polar surface area (TPSA) is 105 Å². The third-order valence-electron chi connectivity index (χ3n) is 3.94. The van der Waals surface area contributed by atoms with Crippen molar-refractivity contribution in [3.63, 3.8) is 0 Å². The number of para-hydroxylation sites is 2. The first-order valence-corrected chi connectivity index (χ1v) is 7.87. The molecule has 0 radical (unpaired) electrons. The highest BCUT2D eigenvalue weighted by Gasteiger charge is 2.38. The van der Waals surface area contributed by atoms with Crippen LogP contribution in [0.15, 0.2) is 48.0 Å². The second kappa shape index (κ2) is 7.20. The predicted octanol–water partition coefficient (Wildman–Crippen LogP) is 2.08. The summed E-state index contributed by atoms with van der Waals surface area (Å²) in [4.78, 5) is 38.2. The Kier molecular flexibility index (Phi) is 4.80. The number of rotatable bonds is 4. The number of hydrogen-bond acceptors (Lipinski definition) is 6. The maximum absolute atomic E-state index is 12.9. The molecule has 0 aliphatic carbocycles. The average molecular weight is 368 g/mol. The van der Waals surface area contributed by atoms with Crippen molar-refractivity contribution >= 4 is 29.6 Å². The minimum absolute atomic E-state index is 0.0788. The number of imide groups is 2. The summed E-state index contributed by atoms with van der Waals surface area (Å²) in [5, 5.41) is 11.8. The molecular formula is C19H16N2O6. The molecule has 0 spiro atoms. The summed E-state index contributed by atoms with van der Waals surface area (Å²) in [6.45, 7) is 0. The number of aromatic hydroxyl groups is 1. The third kappa shape index (κ3) is 3.32. The second-order valence-corrected chi connectivity index (χ2v) is 5.56. The molecule has 1 aliphatic rings. The molecule has 0 atom stereocenters. The molecule has 1 saturated heterocycles. The lowest BCUT2D eigenvalue weighted by molar-refractivity contribution is -0.122. The average Bonchev–Trinajstić information content (AvgIpc) is 2.66. The molecule has 0 bridgehead atoms. The molecule has 8 nitrogen and oxygen atoms in total. The van der Waals surface area contributed by atoms with Gasteiger partial charge in [0.15, 0.2) is 11.5 Å². The van der Waals surface area contributed by atoms with Gasteiger partial charge in [0.2, 0.25) is 0 Å².